The standard InChI is InChI=1S/C14H19ClN4O/c1-3-6-16-8-11-4-5-13(12(15)7-11)20-9-14-17-10-18-19(14)2/h4-5,7,10,16H,3,6,8-9H2,1-2H3. The lowest BCUT2D eigenvalue weighted by Crippen LogP contribution is -2.13. The maximum Gasteiger partial charge on any atom is 0.164 e. The van der Waals surface area contributed by atoms with Crippen LogP contribution in [0.25, 0.3) is 0 Å². The molecule has 0 saturated heterocycles. The first-order valence-electron chi connectivity index (χ1n) is 6.65. The largest absolute Gasteiger partial charge is 0.484 e. The van der Waals surface area contributed by atoms with Crippen LogP contribution in [0.4, 0.5) is 0 Å². The highest BCUT2D eigenvalue weighted by Crippen LogP contribution is 2.26. The van der Waals surface area contributed by atoms with Gasteiger partial charge >= 0.3 is 0 Å². The van der Waals surface area contributed by atoms with Gasteiger partial charge < -0.3 is 10.1 Å². The van der Waals surface area contributed by atoms with Gasteiger partial charge in [0.1, 0.15) is 18.7 Å². The molecule has 0 aliphatic carbocycles. The van der Waals surface area contributed by atoms with Crippen molar-refractivity contribution in [2.24, 2.45) is 7.05 Å². The van der Waals surface area contributed by atoms with Crippen LogP contribution in [0.1, 0.15) is 24.7 Å². The lowest BCUT2D eigenvalue weighted by molar-refractivity contribution is 0.290. The van der Waals surface area contributed by atoms with Gasteiger partial charge in [-0.05, 0) is 30.7 Å². The van der Waals surface area contributed by atoms with Gasteiger partial charge in [0.05, 0.1) is 5.02 Å². The fourth-order valence-electron chi connectivity index (χ4n) is 1.77. The third-order valence-corrected chi connectivity index (χ3v) is 3.21. The minimum Gasteiger partial charge on any atom is -0.484 e. The van der Waals surface area contributed by atoms with E-state index in [0.29, 0.717) is 17.4 Å². The van der Waals surface area contributed by atoms with E-state index >= 15 is 0 Å². The fraction of sp³-hybridized carbons (Fsp3) is 0.429. The molecule has 0 radical (unpaired) electrons. The molecule has 0 saturated carbocycles. The van der Waals surface area contributed by atoms with E-state index in [1.807, 2.05) is 25.2 Å². The van der Waals surface area contributed by atoms with Gasteiger partial charge in [0, 0.05) is 13.6 Å². The molecule has 0 amide bonds. The zero-order valence-corrected chi connectivity index (χ0v) is 12.5. The molecule has 1 N–H and O–H groups in total. The van der Waals surface area contributed by atoms with Crippen LogP contribution in [0.15, 0.2) is 24.5 Å². The number of halogens is 1. The number of benzene rings is 1. The second-order valence-electron chi connectivity index (χ2n) is 4.53. The average molecular weight is 295 g/mol. The molecule has 0 bridgehead atoms. The predicted octanol–water partition coefficient (Wildman–Crippen LogP) is 2.55. The van der Waals surface area contributed by atoms with Crippen LogP contribution in [0.3, 0.4) is 0 Å². The van der Waals surface area contributed by atoms with Crippen molar-refractivity contribution in [2.45, 2.75) is 26.5 Å². The Balaban J connectivity index is 1.94. The molecule has 1 aromatic heterocycles. The van der Waals surface area contributed by atoms with Gasteiger partial charge in [-0.1, -0.05) is 24.6 Å². The zero-order valence-electron chi connectivity index (χ0n) is 11.8. The molecule has 20 heavy (non-hydrogen) atoms. The molecule has 6 heteroatoms. The Kier molecular flexibility index (Phi) is 5.38. The Morgan fingerprint density at radius 2 is 2.25 bits per heavy atom. The Bertz CT molecular complexity index is 556. The molecule has 1 aromatic carbocycles. The van der Waals surface area contributed by atoms with Gasteiger partial charge in [-0.15, -0.1) is 0 Å². The first kappa shape index (κ1) is 14.8. The number of hydrogen-bond acceptors (Lipinski definition) is 4. The molecule has 2 aromatic rings. The molecule has 1 heterocycles. The third kappa shape index (κ3) is 3.95. The second kappa shape index (κ2) is 7.26. The maximum absolute atomic E-state index is 6.23. The number of aryl methyl sites for hydroxylation is 1. The summed E-state index contributed by atoms with van der Waals surface area (Å²) in [4.78, 5) is 4.10. The van der Waals surface area contributed by atoms with Crippen LogP contribution < -0.4 is 10.1 Å². The Labute approximate surface area is 123 Å². The normalized spacial score (nSPS) is 10.8. The summed E-state index contributed by atoms with van der Waals surface area (Å²) in [5.41, 5.74) is 1.15. The van der Waals surface area contributed by atoms with E-state index in [1.165, 1.54) is 6.33 Å². The van der Waals surface area contributed by atoms with Crippen molar-refractivity contribution in [3.63, 3.8) is 0 Å². The topological polar surface area (TPSA) is 52.0 Å². The van der Waals surface area contributed by atoms with Crippen molar-refractivity contribution < 1.29 is 4.74 Å². The van der Waals surface area contributed by atoms with E-state index in [2.05, 4.69) is 22.3 Å². The van der Waals surface area contributed by atoms with Crippen molar-refractivity contribution in [2.75, 3.05) is 6.54 Å². The number of aromatic nitrogens is 3. The summed E-state index contributed by atoms with van der Waals surface area (Å²) in [6.07, 6.45) is 2.62. The smallest absolute Gasteiger partial charge is 0.164 e. The molecular weight excluding hydrogens is 276 g/mol. The fourth-order valence-corrected chi connectivity index (χ4v) is 2.03. The molecule has 0 fully saturated rings. The lowest BCUT2D eigenvalue weighted by atomic mass is 10.2. The number of ether oxygens (including phenoxy) is 1. The van der Waals surface area contributed by atoms with Crippen molar-refractivity contribution in [3.8, 4) is 5.75 Å². The second-order valence-corrected chi connectivity index (χ2v) is 4.94. The van der Waals surface area contributed by atoms with Gasteiger partial charge in [0.25, 0.3) is 0 Å². The summed E-state index contributed by atoms with van der Waals surface area (Å²) < 4.78 is 7.34. The van der Waals surface area contributed by atoms with E-state index < -0.39 is 0 Å². The number of nitrogens with zero attached hydrogens (tertiary/aromatic N) is 3. The summed E-state index contributed by atoms with van der Waals surface area (Å²) >= 11 is 6.23. The van der Waals surface area contributed by atoms with E-state index in [-0.39, 0.29) is 0 Å². The van der Waals surface area contributed by atoms with Crippen LogP contribution in [0.5, 0.6) is 5.75 Å². The minimum absolute atomic E-state index is 0.351. The molecular formula is C14H19ClN4O. The molecule has 0 aliphatic heterocycles. The summed E-state index contributed by atoms with van der Waals surface area (Å²) in [5, 5.41) is 7.94. The highest BCUT2D eigenvalue weighted by atomic mass is 35.5. The van der Waals surface area contributed by atoms with Crippen molar-refractivity contribution in [1.29, 1.82) is 0 Å². The van der Waals surface area contributed by atoms with E-state index in [1.54, 1.807) is 4.68 Å². The average Bonchev–Trinajstić information content (AvgIpc) is 2.84. The molecule has 2 rings (SSSR count). The molecule has 0 aliphatic rings. The van der Waals surface area contributed by atoms with E-state index in [9.17, 15) is 0 Å². The first-order valence-corrected chi connectivity index (χ1v) is 7.03. The van der Waals surface area contributed by atoms with Gasteiger partial charge in [0.2, 0.25) is 0 Å². The van der Waals surface area contributed by atoms with Gasteiger partial charge in [-0.2, -0.15) is 5.10 Å². The Morgan fingerprint density at radius 3 is 2.90 bits per heavy atom. The molecule has 108 valence electrons. The highest BCUT2D eigenvalue weighted by molar-refractivity contribution is 6.32. The SMILES string of the molecule is CCCNCc1ccc(OCc2ncnn2C)c(Cl)c1. The number of rotatable bonds is 7. The molecule has 0 atom stereocenters. The van der Waals surface area contributed by atoms with Crippen molar-refractivity contribution in [1.82, 2.24) is 20.1 Å². The van der Waals surface area contributed by atoms with Gasteiger partial charge in [-0.3, -0.25) is 4.68 Å². The van der Waals surface area contributed by atoms with Crippen LogP contribution in [-0.2, 0) is 20.2 Å². The minimum atomic E-state index is 0.351. The van der Waals surface area contributed by atoms with Crippen LogP contribution >= 0.6 is 11.6 Å². The van der Waals surface area contributed by atoms with Crippen LogP contribution in [0.2, 0.25) is 5.02 Å². The van der Waals surface area contributed by atoms with Crippen molar-refractivity contribution >= 4 is 11.6 Å². The van der Waals surface area contributed by atoms with E-state index in [4.69, 9.17) is 16.3 Å². The first-order chi connectivity index (χ1) is 9.70. The zero-order chi connectivity index (χ0) is 14.4. The molecule has 5 nitrogen and oxygen atoms in total. The highest BCUT2D eigenvalue weighted by Gasteiger charge is 2.06. The lowest BCUT2D eigenvalue weighted by Gasteiger charge is -2.09. The van der Waals surface area contributed by atoms with Crippen LogP contribution in [0, 0.1) is 0 Å². The van der Waals surface area contributed by atoms with Gasteiger partial charge in [-0.25, -0.2) is 4.98 Å². The summed E-state index contributed by atoms with van der Waals surface area (Å²) in [7, 11) is 1.83. The third-order valence-electron chi connectivity index (χ3n) is 2.91. The van der Waals surface area contributed by atoms with Crippen LogP contribution in [-0.4, -0.2) is 21.3 Å². The quantitative estimate of drug-likeness (QED) is 0.797. The summed E-state index contributed by atoms with van der Waals surface area (Å²) in [5.74, 6) is 1.42. The number of nitrogens with one attached hydrogen (secondary N) is 1. The Hall–Kier alpha value is -1.59. The maximum atomic E-state index is 6.23. The van der Waals surface area contributed by atoms with Crippen molar-refractivity contribution in [3.05, 3.63) is 40.9 Å². The Morgan fingerprint density at radius 1 is 1.40 bits per heavy atom. The summed E-state index contributed by atoms with van der Waals surface area (Å²) in [6, 6.07) is 5.83. The predicted molar refractivity (Wildman–Crippen MR) is 78.8 cm³/mol. The van der Waals surface area contributed by atoms with Gasteiger partial charge in [0.15, 0.2) is 5.82 Å². The van der Waals surface area contributed by atoms with E-state index in [0.717, 1.165) is 30.9 Å². The monoisotopic (exact) mass is 294 g/mol. The molecule has 0 spiro atoms. The summed E-state index contributed by atoms with van der Waals surface area (Å²) in [6.45, 7) is 4.31. The molecule has 0 unspecified atom stereocenters. The number of hydrogen-bond donors (Lipinski definition) is 1.